The Labute approximate surface area is 277 Å². The van der Waals surface area contributed by atoms with Crippen molar-refractivity contribution in [3.05, 3.63) is 112 Å². The first-order chi connectivity index (χ1) is 20.9. The van der Waals surface area contributed by atoms with Crippen LogP contribution in [-0.2, 0) is 29.3 Å². The molecule has 1 heterocycles. The molecule has 0 unspecified atom stereocenters. The molecular formula is C31H30Cl3N3O6S2. The summed E-state index contributed by atoms with van der Waals surface area (Å²) in [5.74, 6) is -1.02. The maximum atomic E-state index is 12.7. The highest BCUT2D eigenvalue weighted by molar-refractivity contribution is 7.94. The molecule has 0 aliphatic rings. The summed E-state index contributed by atoms with van der Waals surface area (Å²) in [4.78, 5) is 28.9. The lowest BCUT2D eigenvalue weighted by Gasteiger charge is -2.24. The fourth-order valence-electron chi connectivity index (χ4n) is 3.60. The SMILES string of the molecule is CC(C)(C(=O)Nc1ccccc1Cl)S(=O)(=O)c1ccc(Cl)cc1.CC(C)(C(=O)Nc1ccccn1)S(=O)(=O)c1ccc(Cl)cc1. The number of rotatable bonds is 8. The van der Waals surface area contributed by atoms with Gasteiger partial charge in [0.05, 0.1) is 20.5 Å². The van der Waals surface area contributed by atoms with Crippen LogP contribution >= 0.6 is 34.8 Å². The first-order valence-corrected chi connectivity index (χ1v) is 17.3. The number of carbonyl (C=O) groups excluding carboxylic acids is 2. The molecule has 4 aromatic rings. The van der Waals surface area contributed by atoms with Gasteiger partial charge in [-0.15, -0.1) is 0 Å². The van der Waals surface area contributed by atoms with E-state index in [-0.39, 0.29) is 9.79 Å². The maximum absolute atomic E-state index is 12.7. The highest BCUT2D eigenvalue weighted by Gasteiger charge is 2.44. The zero-order valence-corrected chi connectivity index (χ0v) is 28.5. The predicted octanol–water partition coefficient (Wildman–Crippen LogP) is 7.11. The lowest BCUT2D eigenvalue weighted by atomic mass is 10.2. The smallest absolute Gasteiger partial charge is 0.246 e. The van der Waals surface area contributed by atoms with Gasteiger partial charge in [-0.1, -0.05) is 53.0 Å². The van der Waals surface area contributed by atoms with Gasteiger partial charge in [-0.05, 0) is 100 Å². The fourth-order valence-corrected chi connectivity index (χ4v) is 6.79. The highest BCUT2D eigenvalue weighted by Crippen LogP contribution is 2.30. The van der Waals surface area contributed by atoms with Gasteiger partial charge in [-0.25, -0.2) is 21.8 Å². The van der Waals surface area contributed by atoms with Crippen molar-refractivity contribution >= 4 is 77.8 Å². The second kappa shape index (κ2) is 14.3. The number of amides is 2. The topological polar surface area (TPSA) is 139 Å². The summed E-state index contributed by atoms with van der Waals surface area (Å²) >= 11 is 17.5. The average molecular weight is 711 g/mol. The summed E-state index contributed by atoms with van der Waals surface area (Å²) in [6.07, 6.45) is 1.51. The third kappa shape index (κ3) is 8.22. The van der Waals surface area contributed by atoms with Crippen molar-refractivity contribution in [1.29, 1.82) is 0 Å². The molecule has 0 aliphatic carbocycles. The molecule has 2 N–H and O–H groups in total. The summed E-state index contributed by atoms with van der Waals surface area (Å²) < 4.78 is 47.5. The van der Waals surface area contributed by atoms with E-state index < -0.39 is 41.0 Å². The Hall–Kier alpha value is -3.48. The summed E-state index contributed by atoms with van der Waals surface area (Å²) in [6.45, 7) is 5.41. The molecule has 0 aliphatic heterocycles. The number of pyridine rings is 1. The van der Waals surface area contributed by atoms with Gasteiger partial charge in [0.2, 0.25) is 11.8 Å². The fraction of sp³-hybridized carbons (Fsp3) is 0.194. The molecule has 0 spiro atoms. The third-order valence-electron chi connectivity index (χ3n) is 6.71. The molecule has 0 saturated heterocycles. The number of para-hydroxylation sites is 1. The maximum Gasteiger partial charge on any atom is 0.246 e. The first-order valence-electron chi connectivity index (χ1n) is 13.2. The van der Waals surface area contributed by atoms with Crippen LogP contribution in [0, 0.1) is 0 Å². The van der Waals surface area contributed by atoms with E-state index >= 15 is 0 Å². The molecule has 0 radical (unpaired) electrons. The standard InChI is InChI=1S/C16H15Cl2NO3S.C15H15ClN2O3S/c1-16(2,15(20)19-14-6-4-3-5-13(14)18)23(21,22)12-9-7-11(17)8-10-12;1-15(2,14(19)18-13-5-3-4-10-17-13)22(20,21)12-8-6-11(16)7-9-12/h3-10H,1-2H3,(H,19,20);3-10H,1-2H3,(H,17,18,19). The molecule has 2 amide bonds. The third-order valence-corrected chi connectivity index (χ3v) is 12.4. The highest BCUT2D eigenvalue weighted by atomic mass is 35.5. The number of halogens is 3. The minimum absolute atomic E-state index is 0.0289. The van der Waals surface area contributed by atoms with Gasteiger partial charge in [0, 0.05) is 16.2 Å². The van der Waals surface area contributed by atoms with E-state index in [2.05, 4.69) is 15.6 Å². The van der Waals surface area contributed by atoms with E-state index in [1.54, 1.807) is 42.5 Å². The van der Waals surface area contributed by atoms with Crippen LogP contribution in [0.1, 0.15) is 27.7 Å². The number of hydrogen-bond donors (Lipinski definition) is 2. The van der Waals surface area contributed by atoms with Crippen LogP contribution in [0.25, 0.3) is 0 Å². The molecule has 3 aromatic carbocycles. The average Bonchev–Trinajstić information content (AvgIpc) is 2.99. The molecule has 4 rings (SSSR count). The largest absolute Gasteiger partial charge is 0.323 e. The number of hydrogen-bond acceptors (Lipinski definition) is 7. The van der Waals surface area contributed by atoms with Crippen LogP contribution in [0.4, 0.5) is 11.5 Å². The normalized spacial score (nSPS) is 12.0. The zero-order valence-electron chi connectivity index (χ0n) is 24.6. The Morgan fingerprint density at radius 3 is 1.44 bits per heavy atom. The molecule has 0 fully saturated rings. The Morgan fingerprint density at radius 2 is 1.02 bits per heavy atom. The number of benzene rings is 3. The van der Waals surface area contributed by atoms with E-state index in [4.69, 9.17) is 34.8 Å². The minimum Gasteiger partial charge on any atom is -0.323 e. The number of sulfone groups is 2. The minimum atomic E-state index is -3.90. The Morgan fingerprint density at radius 1 is 0.600 bits per heavy atom. The molecule has 45 heavy (non-hydrogen) atoms. The van der Waals surface area contributed by atoms with Crippen molar-refractivity contribution < 1.29 is 26.4 Å². The van der Waals surface area contributed by atoms with Crippen LogP contribution in [0.3, 0.4) is 0 Å². The zero-order chi connectivity index (χ0) is 33.6. The summed E-state index contributed by atoms with van der Waals surface area (Å²) in [5.41, 5.74) is 0.360. The van der Waals surface area contributed by atoms with Crippen LogP contribution in [-0.4, -0.2) is 43.1 Å². The van der Waals surface area contributed by atoms with E-state index in [1.807, 2.05) is 0 Å². The molecule has 14 heteroatoms. The lowest BCUT2D eigenvalue weighted by molar-refractivity contribution is -0.118. The van der Waals surface area contributed by atoms with Crippen molar-refractivity contribution in [3.8, 4) is 0 Å². The molecule has 0 saturated carbocycles. The van der Waals surface area contributed by atoms with Crippen LogP contribution in [0.2, 0.25) is 15.1 Å². The van der Waals surface area contributed by atoms with Gasteiger partial charge >= 0.3 is 0 Å². The number of nitrogens with one attached hydrogen (secondary N) is 2. The molecular weight excluding hydrogens is 681 g/mol. The molecule has 0 atom stereocenters. The van der Waals surface area contributed by atoms with E-state index in [0.29, 0.717) is 26.6 Å². The van der Waals surface area contributed by atoms with E-state index in [9.17, 15) is 26.4 Å². The predicted molar refractivity (Wildman–Crippen MR) is 178 cm³/mol. The van der Waals surface area contributed by atoms with Crippen LogP contribution in [0.5, 0.6) is 0 Å². The van der Waals surface area contributed by atoms with E-state index in [0.717, 1.165) is 0 Å². The van der Waals surface area contributed by atoms with Crippen molar-refractivity contribution in [1.82, 2.24) is 4.98 Å². The van der Waals surface area contributed by atoms with Crippen LogP contribution in [0.15, 0.2) is 107 Å². The van der Waals surface area contributed by atoms with Crippen molar-refractivity contribution in [2.24, 2.45) is 0 Å². The van der Waals surface area contributed by atoms with Gasteiger partial charge in [0.25, 0.3) is 0 Å². The van der Waals surface area contributed by atoms with Crippen molar-refractivity contribution in [3.63, 3.8) is 0 Å². The number of aromatic nitrogens is 1. The lowest BCUT2D eigenvalue weighted by Crippen LogP contribution is -2.44. The summed E-state index contributed by atoms with van der Waals surface area (Å²) in [6, 6.07) is 23.0. The van der Waals surface area contributed by atoms with E-state index in [1.165, 1.54) is 82.4 Å². The Balaban J connectivity index is 0.000000246. The Kier molecular flexibility index (Phi) is 11.4. The second-order valence-corrected chi connectivity index (χ2v) is 16.8. The van der Waals surface area contributed by atoms with Crippen LogP contribution < -0.4 is 10.6 Å². The van der Waals surface area contributed by atoms with Gasteiger partial charge in [-0.2, -0.15) is 0 Å². The van der Waals surface area contributed by atoms with Crippen molar-refractivity contribution in [2.45, 2.75) is 47.0 Å². The van der Waals surface area contributed by atoms with Gasteiger partial charge in [0.15, 0.2) is 19.7 Å². The number of anilines is 2. The quantitative estimate of drug-likeness (QED) is 0.199. The molecule has 238 valence electrons. The van der Waals surface area contributed by atoms with Gasteiger partial charge in [-0.3, -0.25) is 9.59 Å². The van der Waals surface area contributed by atoms with Gasteiger partial charge < -0.3 is 10.6 Å². The van der Waals surface area contributed by atoms with Crippen molar-refractivity contribution in [2.75, 3.05) is 10.6 Å². The summed E-state index contributed by atoms with van der Waals surface area (Å²) in [7, 11) is -7.77. The first kappa shape index (κ1) is 36.0. The molecule has 0 bridgehead atoms. The second-order valence-electron chi connectivity index (χ2n) is 10.5. The Bertz CT molecular complexity index is 1880. The number of carbonyl (C=O) groups is 2. The number of nitrogens with zero attached hydrogens (tertiary/aromatic N) is 1. The van der Waals surface area contributed by atoms with Gasteiger partial charge in [0.1, 0.15) is 15.3 Å². The monoisotopic (exact) mass is 709 g/mol. The molecule has 9 nitrogen and oxygen atoms in total. The molecule has 1 aromatic heterocycles. The summed E-state index contributed by atoms with van der Waals surface area (Å²) in [5, 5.41) is 6.25.